The van der Waals surface area contributed by atoms with Crippen LogP contribution in [-0.2, 0) is 6.54 Å². The Labute approximate surface area is 100 Å². The molecule has 0 fully saturated rings. The molecule has 0 saturated carbocycles. The van der Waals surface area contributed by atoms with Crippen molar-refractivity contribution in [3.63, 3.8) is 0 Å². The fourth-order valence-electron chi connectivity index (χ4n) is 1.08. The minimum absolute atomic E-state index is 0.158. The zero-order valence-electron chi connectivity index (χ0n) is 9.03. The molecule has 0 amide bonds. The highest BCUT2D eigenvalue weighted by molar-refractivity contribution is 7.80. The maximum atomic E-state index is 5.23. The molecule has 0 aliphatic heterocycles. The van der Waals surface area contributed by atoms with Gasteiger partial charge in [-0.15, -0.1) is 0 Å². The van der Waals surface area contributed by atoms with Crippen LogP contribution in [0.15, 0.2) is 29.4 Å². The minimum Gasteiger partial charge on any atom is -0.375 e. The fourth-order valence-corrected chi connectivity index (χ4v) is 1.14. The predicted octanol–water partition coefficient (Wildman–Crippen LogP) is 0.0777. The summed E-state index contributed by atoms with van der Waals surface area (Å²) in [4.78, 5) is 0. The van der Waals surface area contributed by atoms with Crippen molar-refractivity contribution in [2.24, 2.45) is 10.8 Å². The van der Waals surface area contributed by atoms with Crippen molar-refractivity contribution in [3.05, 3.63) is 35.4 Å². The van der Waals surface area contributed by atoms with Crippen LogP contribution in [0.4, 0.5) is 0 Å². The van der Waals surface area contributed by atoms with E-state index in [0.717, 1.165) is 12.1 Å². The van der Waals surface area contributed by atoms with Gasteiger partial charge in [-0.2, -0.15) is 5.10 Å². The van der Waals surface area contributed by atoms with Gasteiger partial charge in [-0.05, 0) is 30.4 Å². The first-order valence-electron chi connectivity index (χ1n) is 4.79. The average Bonchev–Trinajstić information content (AvgIpc) is 2.27. The smallest absolute Gasteiger partial charge is 0.184 e. The van der Waals surface area contributed by atoms with Gasteiger partial charge >= 0.3 is 0 Å². The molecule has 0 heterocycles. The second-order valence-corrected chi connectivity index (χ2v) is 3.52. The Hall–Kier alpha value is -1.50. The van der Waals surface area contributed by atoms with Crippen LogP contribution in [0.5, 0.6) is 0 Å². The largest absolute Gasteiger partial charge is 0.375 e. The molecule has 1 rings (SSSR count). The first kappa shape index (κ1) is 12.6. The van der Waals surface area contributed by atoms with E-state index < -0.39 is 0 Å². The number of hydrazine groups is 1. The maximum Gasteiger partial charge on any atom is 0.184 e. The lowest BCUT2D eigenvalue weighted by Crippen LogP contribution is -2.26. The first-order chi connectivity index (χ1) is 7.72. The molecule has 0 aliphatic rings. The molecule has 0 radical (unpaired) electrons. The Morgan fingerprint density at radius 1 is 1.44 bits per heavy atom. The molecule has 5 N–H and O–H groups in total. The molecule has 0 unspecified atom stereocenters. The molecule has 0 aliphatic carbocycles. The second-order valence-electron chi connectivity index (χ2n) is 3.08. The lowest BCUT2D eigenvalue weighted by atomic mass is 10.1. The van der Waals surface area contributed by atoms with Gasteiger partial charge in [0.05, 0.1) is 6.21 Å². The third-order valence-electron chi connectivity index (χ3n) is 1.84. The lowest BCUT2D eigenvalue weighted by Gasteiger charge is -2.02. The zero-order chi connectivity index (χ0) is 11.8. The number of nitrogens with one attached hydrogen (secondary N) is 3. The number of hydrazone groups is 1. The number of nitrogens with two attached hydrogens (primary N) is 1. The quantitative estimate of drug-likeness (QED) is 0.331. The topological polar surface area (TPSA) is 74.5 Å². The van der Waals surface area contributed by atoms with E-state index in [1.165, 1.54) is 5.56 Å². The van der Waals surface area contributed by atoms with Crippen molar-refractivity contribution in [3.8, 4) is 0 Å². The molecule has 0 bridgehead atoms. The summed E-state index contributed by atoms with van der Waals surface area (Å²) in [5.74, 6) is 0. The molecule has 16 heavy (non-hydrogen) atoms. The van der Waals surface area contributed by atoms with Crippen LogP contribution >= 0.6 is 12.2 Å². The van der Waals surface area contributed by atoms with Gasteiger partial charge in [0.25, 0.3) is 0 Å². The van der Waals surface area contributed by atoms with Crippen LogP contribution in [0.25, 0.3) is 0 Å². The van der Waals surface area contributed by atoms with Gasteiger partial charge in [-0.1, -0.05) is 24.3 Å². The Morgan fingerprint density at radius 2 is 2.12 bits per heavy atom. The van der Waals surface area contributed by atoms with Gasteiger partial charge in [-0.3, -0.25) is 16.3 Å². The van der Waals surface area contributed by atoms with Crippen LogP contribution in [-0.4, -0.2) is 18.4 Å². The fraction of sp³-hybridized carbons (Fsp3) is 0.200. The molecule has 0 atom stereocenters. The Balaban J connectivity index is 2.50. The summed E-state index contributed by atoms with van der Waals surface area (Å²) in [6, 6.07) is 7.98. The van der Waals surface area contributed by atoms with Crippen molar-refractivity contribution in [2.45, 2.75) is 6.54 Å². The summed E-state index contributed by atoms with van der Waals surface area (Å²) in [5, 5.41) is 4.02. The van der Waals surface area contributed by atoms with E-state index >= 15 is 0 Å². The monoisotopic (exact) mass is 237 g/mol. The Bertz CT molecular complexity index is 360. The van der Waals surface area contributed by atoms with Crippen LogP contribution in [0.3, 0.4) is 0 Å². The standard InChI is InChI=1S/C10H15N5S/c1-12-13-6-8-2-4-9(5-3-8)7-14-15-10(11)16/h2-5,7,12-13H,6H2,1H3,(H3,11,15,16). The highest BCUT2D eigenvalue weighted by Gasteiger charge is 1.91. The number of hydrogen-bond donors (Lipinski definition) is 4. The van der Waals surface area contributed by atoms with E-state index in [1.807, 2.05) is 31.3 Å². The van der Waals surface area contributed by atoms with Gasteiger partial charge < -0.3 is 5.73 Å². The normalized spacial score (nSPS) is 10.6. The molecule has 5 nitrogen and oxygen atoms in total. The van der Waals surface area contributed by atoms with Gasteiger partial charge in [-0.25, -0.2) is 0 Å². The minimum atomic E-state index is 0.158. The predicted molar refractivity (Wildman–Crippen MR) is 69.9 cm³/mol. The summed E-state index contributed by atoms with van der Waals surface area (Å²) < 4.78 is 0. The van der Waals surface area contributed by atoms with Crippen LogP contribution in [0.2, 0.25) is 0 Å². The molecule has 0 aromatic heterocycles. The van der Waals surface area contributed by atoms with E-state index in [4.69, 9.17) is 5.73 Å². The third kappa shape index (κ3) is 4.83. The zero-order valence-corrected chi connectivity index (χ0v) is 9.84. The van der Waals surface area contributed by atoms with E-state index in [1.54, 1.807) is 6.21 Å². The third-order valence-corrected chi connectivity index (χ3v) is 1.93. The maximum absolute atomic E-state index is 5.23. The molecule has 86 valence electrons. The van der Waals surface area contributed by atoms with Crippen molar-refractivity contribution < 1.29 is 0 Å². The Morgan fingerprint density at radius 3 is 2.69 bits per heavy atom. The molecular weight excluding hydrogens is 222 g/mol. The highest BCUT2D eigenvalue weighted by atomic mass is 32.1. The molecular formula is C10H15N5S. The molecule has 0 spiro atoms. The Kier molecular flexibility index (Phi) is 5.41. The summed E-state index contributed by atoms with van der Waals surface area (Å²) >= 11 is 4.62. The van der Waals surface area contributed by atoms with Gasteiger partial charge in [0.2, 0.25) is 0 Å². The van der Waals surface area contributed by atoms with Crippen LogP contribution in [0.1, 0.15) is 11.1 Å². The number of hydrogen-bond acceptors (Lipinski definition) is 4. The van der Waals surface area contributed by atoms with E-state index in [9.17, 15) is 0 Å². The van der Waals surface area contributed by atoms with Gasteiger partial charge in [0.15, 0.2) is 5.11 Å². The van der Waals surface area contributed by atoms with Crippen LogP contribution < -0.4 is 22.0 Å². The average molecular weight is 237 g/mol. The van der Waals surface area contributed by atoms with Crippen LogP contribution in [0, 0.1) is 0 Å². The molecule has 6 heteroatoms. The summed E-state index contributed by atoms with van der Waals surface area (Å²) in [6.45, 7) is 0.777. The van der Waals surface area contributed by atoms with Gasteiger partial charge in [0, 0.05) is 6.54 Å². The first-order valence-corrected chi connectivity index (χ1v) is 5.20. The summed E-state index contributed by atoms with van der Waals surface area (Å²) in [6.07, 6.45) is 1.66. The SMILES string of the molecule is CNNCc1ccc(C=NNC(N)=S)cc1. The number of nitrogens with zero attached hydrogens (tertiary/aromatic N) is 1. The van der Waals surface area contributed by atoms with Crippen molar-refractivity contribution in [1.29, 1.82) is 0 Å². The number of thiocarbonyl (C=S) groups is 1. The summed E-state index contributed by atoms with van der Waals surface area (Å²) in [5.41, 5.74) is 15.8. The lowest BCUT2D eigenvalue weighted by molar-refractivity contribution is 0.596. The number of rotatable bonds is 5. The molecule has 1 aromatic carbocycles. The number of benzene rings is 1. The van der Waals surface area contributed by atoms with E-state index in [-0.39, 0.29) is 5.11 Å². The highest BCUT2D eigenvalue weighted by Crippen LogP contribution is 2.01. The molecule has 0 saturated heterocycles. The van der Waals surface area contributed by atoms with Gasteiger partial charge in [0.1, 0.15) is 0 Å². The van der Waals surface area contributed by atoms with Crippen molar-refractivity contribution in [1.82, 2.24) is 16.3 Å². The second kappa shape index (κ2) is 6.89. The molecule has 1 aromatic rings. The summed E-state index contributed by atoms with van der Waals surface area (Å²) in [7, 11) is 1.84. The van der Waals surface area contributed by atoms with E-state index in [2.05, 4.69) is 33.6 Å². The van der Waals surface area contributed by atoms with E-state index in [0.29, 0.717) is 0 Å². The van der Waals surface area contributed by atoms with Crippen molar-refractivity contribution >= 4 is 23.5 Å². The van der Waals surface area contributed by atoms with Crippen molar-refractivity contribution in [2.75, 3.05) is 7.05 Å².